The number of nitrogens with zero attached hydrogens (tertiary/aromatic N) is 2. The summed E-state index contributed by atoms with van der Waals surface area (Å²) in [5.41, 5.74) is 2.14. The van der Waals surface area contributed by atoms with E-state index in [9.17, 15) is 4.79 Å². The fourth-order valence-corrected chi connectivity index (χ4v) is 2.90. The Kier molecular flexibility index (Phi) is 3.79. The summed E-state index contributed by atoms with van der Waals surface area (Å²) in [6, 6.07) is 12.4. The molecule has 1 fully saturated rings. The van der Waals surface area contributed by atoms with Crippen molar-refractivity contribution in [1.29, 1.82) is 0 Å². The molecular formula is C17H20N2O. The third-order valence-electron chi connectivity index (χ3n) is 4.14. The zero-order valence-corrected chi connectivity index (χ0v) is 11.9. The number of carbonyl (C=O) groups is 1. The first-order valence-corrected chi connectivity index (χ1v) is 7.36. The molecule has 0 N–H and O–H groups in total. The smallest absolute Gasteiger partial charge is 0.138 e. The number of ketones is 1. The highest BCUT2D eigenvalue weighted by Crippen LogP contribution is 2.19. The third-order valence-corrected chi connectivity index (χ3v) is 4.14. The van der Waals surface area contributed by atoms with Crippen LogP contribution in [0.2, 0.25) is 0 Å². The average molecular weight is 268 g/mol. The maximum Gasteiger partial charge on any atom is 0.138 e. The van der Waals surface area contributed by atoms with Gasteiger partial charge in [-0.1, -0.05) is 31.2 Å². The molecule has 104 valence electrons. The molecule has 1 aliphatic heterocycles. The quantitative estimate of drug-likeness (QED) is 0.858. The Morgan fingerprint density at radius 3 is 2.95 bits per heavy atom. The molecule has 1 atom stereocenters. The van der Waals surface area contributed by atoms with E-state index < -0.39 is 0 Å². The van der Waals surface area contributed by atoms with Crippen LogP contribution < -0.4 is 0 Å². The first-order chi connectivity index (χ1) is 9.76. The van der Waals surface area contributed by atoms with Gasteiger partial charge in [-0.3, -0.25) is 14.7 Å². The molecule has 1 aromatic carbocycles. The Morgan fingerprint density at radius 1 is 1.25 bits per heavy atom. The van der Waals surface area contributed by atoms with Crippen molar-refractivity contribution >= 4 is 16.7 Å². The number of benzene rings is 1. The van der Waals surface area contributed by atoms with E-state index in [0.29, 0.717) is 12.2 Å². The average Bonchev–Trinajstić information content (AvgIpc) is 2.49. The van der Waals surface area contributed by atoms with Crippen LogP contribution in [0.1, 0.15) is 25.5 Å². The molecule has 1 unspecified atom stereocenters. The minimum atomic E-state index is 0.212. The molecule has 1 aliphatic rings. The van der Waals surface area contributed by atoms with Crippen LogP contribution >= 0.6 is 0 Å². The first-order valence-electron chi connectivity index (χ1n) is 7.36. The summed E-state index contributed by atoms with van der Waals surface area (Å²) in [4.78, 5) is 18.8. The van der Waals surface area contributed by atoms with Gasteiger partial charge in [0, 0.05) is 37.4 Å². The Labute approximate surface area is 119 Å². The van der Waals surface area contributed by atoms with E-state index in [1.165, 1.54) is 5.39 Å². The first kappa shape index (κ1) is 13.3. The molecule has 3 nitrogen and oxygen atoms in total. The molecule has 3 heteroatoms. The number of fused-ring (bicyclic) bond motifs is 1. The van der Waals surface area contributed by atoms with Crippen LogP contribution in [0.5, 0.6) is 0 Å². The van der Waals surface area contributed by atoms with Gasteiger partial charge in [-0.15, -0.1) is 0 Å². The predicted molar refractivity (Wildman–Crippen MR) is 80.4 cm³/mol. The number of hydrogen-bond donors (Lipinski definition) is 0. The molecule has 0 spiro atoms. The second-order valence-corrected chi connectivity index (χ2v) is 5.55. The zero-order valence-electron chi connectivity index (χ0n) is 11.9. The maximum atomic E-state index is 11.8. The van der Waals surface area contributed by atoms with Gasteiger partial charge in [0.05, 0.1) is 11.2 Å². The van der Waals surface area contributed by atoms with Crippen molar-refractivity contribution in [2.45, 2.75) is 26.3 Å². The largest absolute Gasteiger partial charge is 0.299 e. The lowest BCUT2D eigenvalue weighted by Crippen LogP contribution is -2.40. The van der Waals surface area contributed by atoms with Gasteiger partial charge >= 0.3 is 0 Å². The Bertz CT molecular complexity index is 623. The Hall–Kier alpha value is -1.74. The highest BCUT2D eigenvalue weighted by atomic mass is 16.1. The second-order valence-electron chi connectivity index (χ2n) is 5.55. The molecule has 3 rings (SSSR count). The van der Waals surface area contributed by atoms with Crippen LogP contribution in [0.3, 0.4) is 0 Å². The molecule has 20 heavy (non-hydrogen) atoms. The van der Waals surface area contributed by atoms with Crippen molar-refractivity contribution in [2.24, 2.45) is 5.92 Å². The van der Waals surface area contributed by atoms with E-state index in [4.69, 9.17) is 4.98 Å². The molecule has 0 amide bonds. The van der Waals surface area contributed by atoms with Crippen molar-refractivity contribution in [3.63, 3.8) is 0 Å². The summed E-state index contributed by atoms with van der Waals surface area (Å²) in [7, 11) is 0. The maximum absolute atomic E-state index is 11.8. The van der Waals surface area contributed by atoms with E-state index >= 15 is 0 Å². The number of carbonyl (C=O) groups excluding carboxylic acids is 1. The number of Topliss-reactive ketones (excluding diaryl/α,β-unsaturated/α-hetero) is 1. The number of piperidine rings is 1. The lowest BCUT2D eigenvalue weighted by Gasteiger charge is -2.30. The third kappa shape index (κ3) is 2.73. The Balaban J connectivity index is 1.74. The van der Waals surface area contributed by atoms with Gasteiger partial charge in [0.2, 0.25) is 0 Å². The molecule has 1 saturated heterocycles. The summed E-state index contributed by atoms with van der Waals surface area (Å²) >= 11 is 0. The molecule has 0 radical (unpaired) electrons. The second kappa shape index (κ2) is 5.71. The van der Waals surface area contributed by atoms with Gasteiger partial charge in [0.25, 0.3) is 0 Å². The van der Waals surface area contributed by atoms with Gasteiger partial charge in [0.15, 0.2) is 0 Å². The van der Waals surface area contributed by atoms with E-state index in [1.54, 1.807) is 0 Å². The summed E-state index contributed by atoms with van der Waals surface area (Å²) in [5.74, 6) is 0.638. The molecule has 2 aromatic rings. The topological polar surface area (TPSA) is 33.2 Å². The number of rotatable bonds is 3. The normalized spacial score (nSPS) is 20.4. The number of para-hydroxylation sites is 1. The van der Waals surface area contributed by atoms with Crippen LogP contribution in [0.4, 0.5) is 0 Å². The van der Waals surface area contributed by atoms with Crippen LogP contribution in [0.25, 0.3) is 10.9 Å². The number of hydrogen-bond acceptors (Lipinski definition) is 3. The minimum absolute atomic E-state index is 0.212. The summed E-state index contributed by atoms with van der Waals surface area (Å²) in [6.07, 6.45) is 1.63. The predicted octanol–water partition coefficient (Wildman–Crippen LogP) is 3.04. The lowest BCUT2D eigenvalue weighted by atomic mass is 9.94. The van der Waals surface area contributed by atoms with Gasteiger partial charge in [-0.2, -0.15) is 0 Å². The van der Waals surface area contributed by atoms with Crippen LogP contribution in [0.15, 0.2) is 36.4 Å². The van der Waals surface area contributed by atoms with Crippen LogP contribution in [0, 0.1) is 5.92 Å². The van der Waals surface area contributed by atoms with Crippen molar-refractivity contribution < 1.29 is 4.79 Å². The van der Waals surface area contributed by atoms with Crippen LogP contribution in [-0.4, -0.2) is 28.8 Å². The lowest BCUT2D eigenvalue weighted by molar-refractivity contribution is -0.126. The van der Waals surface area contributed by atoms with Crippen molar-refractivity contribution in [3.05, 3.63) is 42.1 Å². The molecule has 0 bridgehead atoms. The minimum Gasteiger partial charge on any atom is -0.299 e. The van der Waals surface area contributed by atoms with Gasteiger partial charge in [-0.05, 0) is 18.6 Å². The molecule has 0 saturated carbocycles. The van der Waals surface area contributed by atoms with Gasteiger partial charge < -0.3 is 0 Å². The van der Waals surface area contributed by atoms with E-state index in [-0.39, 0.29) is 5.92 Å². The van der Waals surface area contributed by atoms with Crippen molar-refractivity contribution in [2.75, 3.05) is 13.1 Å². The van der Waals surface area contributed by atoms with E-state index in [0.717, 1.165) is 37.3 Å². The SMILES string of the molecule is CCC1CN(Cc2ccc3ccccc3n2)CCC1=O. The number of pyridine rings is 1. The monoisotopic (exact) mass is 268 g/mol. The van der Waals surface area contributed by atoms with Crippen molar-refractivity contribution in [3.8, 4) is 0 Å². The summed E-state index contributed by atoms with van der Waals surface area (Å²) < 4.78 is 0. The molecule has 0 aliphatic carbocycles. The standard InChI is InChI=1S/C17H20N2O/c1-2-13-11-19(10-9-17(13)20)12-15-8-7-14-5-3-4-6-16(14)18-15/h3-8,13H,2,9-12H2,1H3. The van der Waals surface area contributed by atoms with E-state index in [2.05, 4.69) is 30.0 Å². The zero-order chi connectivity index (χ0) is 13.9. The fourth-order valence-electron chi connectivity index (χ4n) is 2.90. The van der Waals surface area contributed by atoms with Crippen LogP contribution in [-0.2, 0) is 11.3 Å². The highest BCUT2D eigenvalue weighted by molar-refractivity contribution is 5.82. The number of aromatic nitrogens is 1. The van der Waals surface area contributed by atoms with Gasteiger partial charge in [-0.25, -0.2) is 0 Å². The van der Waals surface area contributed by atoms with Gasteiger partial charge in [0.1, 0.15) is 5.78 Å². The highest BCUT2D eigenvalue weighted by Gasteiger charge is 2.25. The Morgan fingerprint density at radius 2 is 2.10 bits per heavy atom. The molecular weight excluding hydrogens is 248 g/mol. The molecule has 1 aromatic heterocycles. The van der Waals surface area contributed by atoms with E-state index in [1.807, 2.05) is 18.2 Å². The number of likely N-dealkylation sites (tertiary alicyclic amines) is 1. The molecule has 2 heterocycles. The summed E-state index contributed by atoms with van der Waals surface area (Å²) in [5, 5.41) is 1.18. The fraction of sp³-hybridized carbons (Fsp3) is 0.412. The van der Waals surface area contributed by atoms with Crippen molar-refractivity contribution in [1.82, 2.24) is 9.88 Å². The summed E-state index contributed by atoms with van der Waals surface area (Å²) in [6.45, 7) is 4.68.